The van der Waals surface area contributed by atoms with Crippen molar-refractivity contribution in [2.75, 3.05) is 12.4 Å². The van der Waals surface area contributed by atoms with Gasteiger partial charge in [0.2, 0.25) is 5.91 Å². The number of hydrogen-bond acceptors (Lipinski definition) is 5. The van der Waals surface area contributed by atoms with Gasteiger partial charge >= 0.3 is 6.09 Å². The number of aromatic hydroxyl groups is 1. The Morgan fingerprint density at radius 1 is 1.00 bits per heavy atom. The van der Waals surface area contributed by atoms with Gasteiger partial charge in [0.15, 0.2) is 0 Å². The van der Waals surface area contributed by atoms with Gasteiger partial charge in [0.25, 0.3) is 5.91 Å². The lowest BCUT2D eigenvalue weighted by Crippen LogP contribution is -2.49. The fraction of sp³-hybridized carbons (Fsp3) is 0.400. The molecular weight excluding hydrogens is 422 g/mol. The Balaban J connectivity index is 2.35. The summed E-state index contributed by atoms with van der Waals surface area (Å²) in [6.07, 6.45) is -0.740. The minimum Gasteiger partial charge on any atom is -0.507 e. The topological polar surface area (TPSA) is 108 Å². The van der Waals surface area contributed by atoms with E-state index in [0.29, 0.717) is 11.3 Å². The highest BCUT2D eigenvalue weighted by Crippen LogP contribution is 2.32. The average Bonchev–Trinajstić information content (AvgIpc) is 2.70. The lowest BCUT2D eigenvalue weighted by molar-refractivity contribution is -0.138. The number of benzene rings is 2. The van der Waals surface area contributed by atoms with Crippen LogP contribution in [0.3, 0.4) is 0 Å². The Hall–Kier alpha value is -3.55. The Morgan fingerprint density at radius 3 is 2.21 bits per heavy atom. The van der Waals surface area contributed by atoms with Gasteiger partial charge < -0.3 is 25.4 Å². The fourth-order valence-corrected chi connectivity index (χ4v) is 3.32. The average molecular weight is 456 g/mol. The molecule has 2 rings (SSSR count). The molecule has 178 valence electrons. The molecule has 0 saturated heterocycles. The lowest BCUT2D eigenvalue weighted by atomic mass is 9.99. The van der Waals surface area contributed by atoms with Gasteiger partial charge in [0.05, 0.1) is 0 Å². The summed E-state index contributed by atoms with van der Waals surface area (Å²) < 4.78 is 5.22. The molecule has 0 saturated carbocycles. The second-order valence-corrected chi connectivity index (χ2v) is 9.04. The zero-order valence-corrected chi connectivity index (χ0v) is 20.2. The van der Waals surface area contributed by atoms with Gasteiger partial charge in [-0.3, -0.25) is 9.59 Å². The van der Waals surface area contributed by atoms with Crippen LogP contribution in [0.25, 0.3) is 0 Å². The summed E-state index contributed by atoms with van der Waals surface area (Å²) in [5.74, 6) is -1.09. The van der Waals surface area contributed by atoms with Crippen molar-refractivity contribution in [3.63, 3.8) is 0 Å². The van der Waals surface area contributed by atoms with E-state index in [-0.39, 0.29) is 11.3 Å². The standard InChI is InChI=1S/C25H33N3O5/c1-15-11-8-9-14-19(15)27-22(30)20(18-13-10-12-16(2)21(18)29)28(7)23(31)17(3)26-24(32)33-25(4,5)6/h8-14,17,20,29H,1-7H3,(H,26,32)(H,27,30). The van der Waals surface area contributed by atoms with Crippen LogP contribution < -0.4 is 10.6 Å². The molecule has 2 atom stereocenters. The molecule has 2 aromatic rings. The van der Waals surface area contributed by atoms with Crippen molar-refractivity contribution in [1.82, 2.24) is 10.2 Å². The predicted octanol–water partition coefficient (Wildman–Crippen LogP) is 4.06. The highest BCUT2D eigenvalue weighted by molar-refractivity contribution is 5.99. The summed E-state index contributed by atoms with van der Waals surface area (Å²) in [6.45, 7) is 10.2. The molecule has 0 bridgehead atoms. The third kappa shape index (κ3) is 6.71. The van der Waals surface area contributed by atoms with Crippen molar-refractivity contribution in [2.24, 2.45) is 0 Å². The third-order valence-electron chi connectivity index (χ3n) is 5.05. The molecule has 0 radical (unpaired) electrons. The lowest BCUT2D eigenvalue weighted by Gasteiger charge is -2.31. The quantitative estimate of drug-likeness (QED) is 0.609. The van der Waals surface area contributed by atoms with E-state index >= 15 is 0 Å². The molecule has 8 heteroatoms. The van der Waals surface area contributed by atoms with E-state index in [4.69, 9.17) is 4.74 Å². The maximum atomic E-state index is 13.4. The van der Waals surface area contributed by atoms with Crippen LogP contribution >= 0.6 is 0 Å². The number of nitrogens with one attached hydrogen (secondary N) is 2. The SMILES string of the molecule is Cc1ccccc1NC(=O)C(c1cccc(C)c1O)N(C)C(=O)C(C)NC(=O)OC(C)(C)C. The highest BCUT2D eigenvalue weighted by Gasteiger charge is 2.34. The molecule has 33 heavy (non-hydrogen) atoms. The fourth-order valence-electron chi connectivity index (χ4n) is 3.32. The Kier molecular flexibility index (Phi) is 8.08. The summed E-state index contributed by atoms with van der Waals surface area (Å²) in [5, 5.41) is 16.0. The molecule has 3 N–H and O–H groups in total. The van der Waals surface area contributed by atoms with Gasteiger partial charge in [-0.2, -0.15) is 0 Å². The number of carbonyl (C=O) groups is 3. The van der Waals surface area contributed by atoms with Crippen LogP contribution in [0.5, 0.6) is 5.75 Å². The number of amides is 3. The zero-order chi connectivity index (χ0) is 24.9. The monoisotopic (exact) mass is 455 g/mol. The number of anilines is 1. The van der Waals surface area contributed by atoms with Crippen LogP contribution in [0.4, 0.5) is 10.5 Å². The minimum atomic E-state index is -1.14. The predicted molar refractivity (Wildman–Crippen MR) is 127 cm³/mol. The molecule has 0 aliphatic rings. The number of alkyl carbamates (subject to hydrolysis) is 1. The number of hydrogen-bond donors (Lipinski definition) is 3. The van der Waals surface area contributed by atoms with Gasteiger partial charge in [-0.05, 0) is 58.7 Å². The molecule has 0 aliphatic heterocycles. The van der Waals surface area contributed by atoms with Crippen molar-refractivity contribution < 1.29 is 24.2 Å². The van der Waals surface area contributed by atoms with Crippen molar-refractivity contribution in [1.29, 1.82) is 0 Å². The Bertz CT molecular complexity index is 1030. The first-order chi connectivity index (χ1) is 15.3. The first-order valence-corrected chi connectivity index (χ1v) is 10.7. The Labute approximate surface area is 194 Å². The summed E-state index contributed by atoms with van der Waals surface area (Å²) in [4.78, 5) is 39.9. The number of nitrogens with zero attached hydrogens (tertiary/aromatic N) is 1. The second kappa shape index (κ2) is 10.4. The van der Waals surface area contributed by atoms with Gasteiger partial charge in [-0.1, -0.05) is 36.4 Å². The van der Waals surface area contributed by atoms with Crippen LogP contribution in [-0.2, 0) is 14.3 Å². The zero-order valence-electron chi connectivity index (χ0n) is 20.2. The van der Waals surface area contributed by atoms with Crippen LogP contribution in [0.1, 0.15) is 50.4 Å². The Morgan fingerprint density at radius 2 is 1.61 bits per heavy atom. The van der Waals surface area contributed by atoms with Crippen molar-refractivity contribution in [2.45, 2.75) is 59.2 Å². The van der Waals surface area contributed by atoms with E-state index < -0.39 is 35.6 Å². The van der Waals surface area contributed by atoms with E-state index in [1.54, 1.807) is 58.0 Å². The largest absolute Gasteiger partial charge is 0.507 e. The first-order valence-electron chi connectivity index (χ1n) is 10.7. The van der Waals surface area contributed by atoms with E-state index in [9.17, 15) is 19.5 Å². The van der Waals surface area contributed by atoms with Crippen LogP contribution in [0, 0.1) is 13.8 Å². The van der Waals surface area contributed by atoms with Gasteiger partial charge in [-0.15, -0.1) is 0 Å². The molecule has 8 nitrogen and oxygen atoms in total. The van der Waals surface area contributed by atoms with Crippen molar-refractivity contribution in [3.8, 4) is 5.75 Å². The number of likely N-dealkylation sites (N-methyl/N-ethyl adjacent to an activating group) is 1. The second-order valence-electron chi connectivity index (χ2n) is 9.04. The number of phenolic OH excluding ortho intramolecular Hbond substituents is 1. The van der Waals surface area contributed by atoms with E-state index in [1.807, 2.05) is 19.1 Å². The molecule has 0 aromatic heterocycles. The van der Waals surface area contributed by atoms with Gasteiger partial charge in [-0.25, -0.2) is 4.79 Å². The number of para-hydroxylation sites is 2. The van der Waals surface area contributed by atoms with Gasteiger partial charge in [0.1, 0.15) is 23.4 Å². The van der Waals surface area contributed by atoms with Crippen LogP contribution in [0.2, 0.25) is 0 Å². The number of aryl methyl sites for hydroxylation is 2. The summed E-state index contributed by atoms with van der Waals surface area (Å²) in [6, 6.07) is 10.2. The number of rotatable bonds is 6. The van der Waals surface area contributed by atoms with Crippen LogP contribution in [0.15, 0.2) is 42.5 Å². The normalized spacial score (nSPS) is 12.9. The molecule has 0 heterocycles. The smallest absolute Gasteiger partial charge is 0.408 e. The van der Waals surface area contributed by atoms with E-state index in [2.05, 4.69) is 10.6 Å². The molecule has 0 fully saturated rings. The molecule has 0 aliphatic carbocycles. The van der Waals surface area contributed by atoms with Crippen LogP contribution in [-0.4, -0.2) is 46.6 Å². The van der Waals surface area contributed by atoms with Gasteiger partial charge in [0, 0.05) is 18.3 Å². The molecule has 2 unspecified atom stereocenters. The molecule has 3 amide bonds. The molecule has 2 aromatic carbocycles. The number of carbonyl (C=O) groups excluding carboxylic acids is 3. The number of ether oxygens (including phenoxy) is 1. The summed E-state index contributed by atoms with van der Waals surface area (Å²) in [5.41, 5.74) is 1.58. The summed E-state index contributed by atoms with van der Waals surface area (Å²) >= 11 is 0. The summed E-state index contributed by atoms with van der Waals surface area (Å²) in [7, 11) is 1.46. The first kappa shape index (κ1) is 25.7. The molecule has 0 spiro atoms. The van der Waals surface area contributed by atoms with Crippen molar-refractivity contribution >= 4 is 23.6 Å². The van der Waals surface area contributed by atoms with E-state index in [0.717, 1.165) is 5.56 Å². The van der Waals surface area contributed by atoms with Crippen molar-refractivity contribution in [3.05, 3.63) is 59.2 Å². The van der Waals surface area contributed by atoms with E-state index in [1.165, 1.54) is 18.9 Å². The minimum absolute atomic E-state index is 0.0742. The maximum absolute atomic E-state index is 13.4. The highest BCUT2D eigenvalue weighted by atomic mass is 16.6. The third-order valence-corrected chi connectivity index (χ3v) is 5.05. The number of phenols is 1. The molecular formula is C25H33N3O5. The maximum Gasteiger partial charge on any atom is 0.408 e.